The molecular formula is C14H15ClN2O2. The number of carbonyl (C=O) groups is 1. The van der Waals surface area contributed by atoms with Crippen LogP contribution >= 0.6 is 11.6 Å². The summed E-state index contributed by atoms with van der Waals surface area (Å²) in [5, 5.41) is 3.85. The van der Waals surface area contributed by atoms with Crippen molar-refractivity contribution in [2.24, 2.45) is 0 Å². The van der Waals surface area contributed by atoms with Gasteiger partial charge in [-0.25, -0.2) is 4.79 Å². The monoisotopic (exact) mass is 278 g/mol. The van der Waals surface area contributed by atoms with Crippen LogP contribution in [0.5, 0.6) is 0 Å². The number of aryl methyl sites for hydroxylation is 1. The molecule has 1 aromatic carbocycles. The second-order valence-corrected chi connectivity index (χ2v) is 4.51. The number of hydrogen-bond acceptors (Lipinski definition) is 3. The molecule has 0 unspecified atom stereocenters. The van der Waals surface area contributed by atoms with Crippen LogP contribution in [-0.4, -0.2) is 17.6 Å². The van der Waals surface area contributed by atoms with Gasteiger partial charge in [0.15, 0.2) is 0 Å². The number of benzene rings is 1. The lowest BCUT2D eigenvalue weighted by atomic mass is 10.2. The Morgan fingerprint density at radius 1 is 1.37 bits per heavy atom. The number of esters is 1. The summed E-state index contributed by atoms with van der Waals surface area (Å²) >= 11 is 5.82. The Kier molecular flexibility index (Phi) is 4.12. The van der Waals surface area contributed by atoms with Crippen LogP contribution in [0, 0.1) is 6.92 Å². The van der Waals surface area contributed by atoms with E-state index in [-0.39, 0.29) is 5.97 Å². The average molecular weight is 279 g/mol. The highest BCUT2D eigenvalue weighted by atomic mass is 35.5. The van der Waals surface area contributed by atoms with Gasteiger partial charge in [-0.3, -0.25) is 0 Å². The van der Waals surface area contributed by atoms with Crippen LogP contribution in [0.4, 0.5) is 11.5 Å². The predicted octanol–water partition coefficient (Wildman–Crippen LogP) is 3.90. The Labute approximate surface area is 116 Å². The van der Waals surface area contributed by atoms with Crippen molar-refractivity contribution in [3.05, 3.63) is 46.6 Å². The summed E-state index contributed by atoms with van der Waals surface area (Å²) < 4.78 is 4.98. The maximum absolute atomic E-state index is 11.7. The fourth-order valence-electron chi connectivity index (χ4n) is 1.73. The number of H-pyrrole nitrogens is 1. The number of ether oxygens (including phenoxy) is 1. The van der Waals surface area contributed by atoms with Crippen LogP contribution in [0.2, 0.25) is 5.02 Å². The van der Waals surface area contributed by atoms with Crippen molar-refractivity contribution in [2.75, 3.05) is 11.9 Å². The van der Waals surface area contributed by atoms with E-state index in [1.54, 1.807) is 25.1 Å². The van der Waals surface area contributed by atoms with Crippen LogP contribution in [-0.2, 0) is 4.74 Å². The minimum atomic E-state index is -0.319. The van der Waals surface area contributed by atoms with Crippen LogP contribution in [0.25, 0.3) is 0 Å². The fraction of sp³-hybridized carbons (Fsp3) is 0.214. The number of halogens is 1. The van der Waals surface area contributed by atoms with Gasteiger partial charge in [-0.1, -0.05) is 11.6 Å². The molecule has 100 valence electrons. The number of anilines is 2. The first-order chi connectivity index (χ1) is 9.10. The van der Waals surface area contributed by atoms with E-state index in [2.05, 4.69) is 10.3 Å². The molecule has 0 aliphatic heterocycles. The maximum Gasteiger partial charge on any atom is 0.340 e. The number of hydrogen-bond donors (Lipinski definition) is 2. The van der Waals surface area contributed by atoms with E-state index in [0.29, 0.717) is 17.2 Å². The van der Waals surface area contributed by atoms with Crippen LogP contribution in [0.3, 0.4) is 0 Å². The second kappa shape index (κ2) is 5.80. The first kappa shape index (κ1) is 13.5. The molecule has 0 aliphatic rings. The Hall–Kier alpha value is -1.94. The van der Waals surface area contributed by atoms with E-state index < -0.39 is 0 Å². The van der Waals surface area contributed by atoms with Crippen molar-refractivity contribution in [3.63, 3.8) is 0 Å². The molecule has 0 atom stereocenters. The number of nitrogens with one attached hydrogen (secondary N) is 2. The SMILES string of the molecule is CCOC(=O)c1cc(Nc2ccc(Cl)cc2)[nH]c1C. The molecule has 0 saturated heterocycles. The van der Waals surface area contributed by atoms with Gasteiger partial charge in [0.2, 0.25) is 0 Å². The van der Waals surface area contributed by atoms with E-state index in [1.165, 1.54) is 0 Å². The highest BCUT2D eigenvalue weighted by molar-refractivity contribution is 6.30. The summed E-state index contributed by atoms with van der Waals surface area (Å²) in [5.41, 5.74) is 2.20. The van der Waals surface area contributed by atoms with E-state index in [9.17, 15) is 4.79 Å². The molecule has 0 spiro atoms. The molecular weight excluding hydrogens is 264 g/mol. The molecule has 1 heterocycles. The molecule has 5 heteroatoms. The van der Waals surface area contributed by atoms with E-state index in [1.807, 2.05) is 19.1 Å². The van der Waals surface area contributed by atoms with Crippen LogP contribution < -0.4 is 5.32 Å². The molecule has 4 nitrogen and oxygen atoms in total. The Morgan fingerprint density at radius 3 is 2.68 bits per heavy atom. The third kappa shape index (κ3) is 3.29. The molecule has 0 fully saturated rings. The number of aromatic amines is 1. The molecule has 1 aromatic heterocycles. The molecule has 19 heavy (non-hydrogen) atoms. The van der Waals surface area contributed by atoms with E-state index in [0.717, 1.165) is 17.2 Å². The summed E-state index contributed by atoms with van der Waals surface area (Å²) in [6.45, 7) is 3.98. The minimum absolute atomic E-state index is 0.319. The lowest BCUT2D eigenvalue weighted by molar-refractivity contribution is 0.0526. The zero-order valence-electron chi connectivity index (χ0n) is 10.8. The topological polar surface area (TPSA) is 54.1 Å². The zero-order chi connectivity index (χ0) is 13.8. The van der Waals surface area contributed by atoms with Crippen LogP contribution in [0.1, 0.15) is 23.0 Å². The zero-order valence-corrected chi connectivity index (χ0v) is 11.5. The summed E-state index contributed by atoms with van der Waals surface area (Å²) in [5.74, 6) is 0.420. The first-order valence-electron chi connectivity index (χ1n) is 5.99. The van der Waals surface area contributed by atoms with Gasteiger partial charge in [-0.05, 0) is 44.2 Å². The van der Waals surface area contributed by atoms with Gasteiger partial charge in [0.25, 0.3) is 0 Å². The van der Waals surface area contributed by atoms with Crippen molar-refractivity contribution >= 4 is 29.1 Å². The average Bonchev–Trinajstić information content (AvgIpc) is 2.74. The summed E-state index contributed by atoms with van der Waals surface area (Å²) in [6.07, 6.45) is 0. The first-order valence-corrected chi connectivity index (χ1v) is 6.37. The van der Waals surface area contributed by atoms with E-state index >= 15 is 0 Å². The number of rotatable bonds is 4. The summed E-state index contributed by atoms with van der Waals surface area (Å²) in [7, 11) is 0. The molecule has 0 bridgehead atoms. The lowest BCUT2D eigenvalue weighted by Crippen LogP contribution is -2.04. The third-order valence-corrected chi connectivity index (χ3v) is 2.89. The molecule has 0 aliphatic carbocycles. The van der Waals surface area contributed by atoms with Gasteiger partial charge in [0, 0.05) is 16.4 Å². The van der Waals surface area contributed by atoms with Gasteiger partial charge in [-0.2, -0.15) is 0 Å². The molecule has 2 N–H and O–H groups in total. The standard InChI is InChI=1S/C14H15ClN2O2/c1-3-19-14(18)12-8-13(16-9(12)2)17-11-6-4-10(15)5-7-11/h4-8,16-17H,3H2,1-2H3. The molecule has 0 radical (unpaired) electrons. The number of aromatic nitrogens is 1. The Morgan fingerprint density at radius 2 is 2.05 bits per heavy atom. The molecule has 2 rings (SSSR count). The summed E-state index contributed by atoms with van der Waals surface area (Å²) in [4.78, 5) is 14.8. The highest BCUT2D eigenvalue weighted by Gasteiger charge is 2.13. The van der Waals surface area contributed by atoms with Gasteiger partial charge in [0.05, 0.1) is 12.2 Å². The largest absolute Gasteiger partial charge is 0.462 e. The second-order valence-electron chi connectivity index (χ2n) is 4.07. The van der Waals surface area contributed by atoms with Crippen molar-refractivity contribution < 1.29 is 9.53 Å². The smallest absolute Gasteiger partial charge is 0.340 e. The van der Waals surface area contributed by atoms with Crippen molar-refractivity contribution in [1.29, 1.82) is 0 Å². The van der Waals surface area contributed by atoms with Crippen molar-refractivity contribution in [1.82, 2.24) is 4.98 Å². The van der Waals surface area contributed by atoms with Gasteiger partial charge in [-0.15, -0.1) is 0 Å². The summed E-state index contributed by atoms with van der Waals surface area (Å²) in [6, 6.07) is 9.06. The molecule has 0 amide bonds. The van der Waals surface area contributed by atoms with Gasteiger partial charge >= 0.3 is 5.97 Å². The molecule has 0 saturated carbocycles. The lowest BCUT2D eigenvalue weighted by Gasteiger charge is -2.03. The molecule has 2 aromatic rings. The van der Waals surface area contributed by atoms with Gasteiger partial charge < -0.3 is 15.0 Å². The van der Waals surface area contributed by atoms with E-state index in [4.69, 9.17) is 16.3 Å². The Bertz CT molecular complexity index is 576. The third-order valence-electron chi connectivity index (χ3n) is 2.63. The van der Waals surface area contributed by atoms with Crippen molar-refractivity contribution in [3.8, 4) is 0 Å². The normalized spacial score (nSPS) is 10.3. The highest BCUT2D eigenvalue weighted by Crippen LogP contribution is 2.21. The number of carbonyl (C=O) groups excluding carboxylic acids is 1. The quantitative estimate of drug-likeness (QED) is 0.834. The predicted molar refractivity (Wildman–Crippen MR) is 76.2 cm³/mol. The minimum Gasteiger partial charge on any atom is -0.462 e. The fourth-order valence-corrected chi connectivity index (χ4v) is 1.86. The van der Waals surface area contributed by atoms with Crippen molar-refractivity contribution in [2.45, 2.75) is 13.8 Å². The van der Waals surface area contributed by atoms with Gasteiger partial charge in [0.1, 0.15) is 5.82 Å². The van der Waals surface area contributed by atoms with Crippen LogP contribution in [0.15, 0.2) is 30.3 Å². The Balaban J connectivity index is 2.16. The maximum atomic E-state index is 11.7.